The van der Waals surface area contributed by atoms with Crippen molar-refractivity contribution in [2.24, 2.45) is 11.7 Å². The van der Waals surface area contributed by atoms with Crippen LogP contribution in [0.15, 0.2) is 0 Å². The maximum atomic E-state index is 10.8. The Morgan fingerprint density at radius 1 is 1.50 bits per heavy atom. The molecule has 0 heterocycles. The molecule has 0 radical (unpaired) electrons. The molecular formula is C8H15NO3. The number of carbonyl (C=O) groups excluding carboxylic acids is 1. The Hall–Kier alpha value is -0.900. The minimum atomic E-state index is -0.849. The van der Waals surface area contributed by atoms with Gasteiger partial charge < -0.3 is 10.8 Å². The van der Waals surface area contributed by atoms with Gasteiger partial charge in [0.05, 0.1) is 6.04 Å². The maximum absolute atomic E-state index is 10.8. The summed E-state index contributed by atoms with van der Waals surface area (Å²) in [7, 11) is 0. The summed E-state index contributed by atoms with van der Waals surface area (Å²) >= 11 is 0. The van der Waals surface area contributed by atoms with Gasteiger partial charge in [0, 0.05) is 6.42 Å². The molecular weight excluding hydrogens is 158 g/mol. The molecule has 0 spiro atoms. The van der Waals surface area contributed by atoms with Gasteiger partial charge in [-0.15, -0.1) is 0 Å². The number of carboxylic acid groups (broad SMARTS) is 1. The number of ketones is 1. The van der Waals surface area contributed by atoms with Crippen LogP contribution < -0.4 is 5.73 Å². The van der Waals surface area contributed by atoms with Gasteiger partial charge in [-0.25, -0.2) is 0 Å². The zero-order chi connectivity index (χ0) is 9.72. The van der Waals surface area contributed by atoms with Crippen LogP contribution in [0.4, 0.5) is 0 Å². The lowest BCUT2D eigenvalue weighted by atomic mass is 9.95. The van der Waals surface area contributed by atoms with Gasteiger partial charge in [0.15, 0.2) is 0 Å². The van der Waals surface area contributed by atoms with Crippen LogP contribution in [-0.2, 0) is 9.59 Å². The predicted octanol–water partition coefficient (Wildman–Crippen LogP) is 0.404. The van der Waals surface area contributed by atoms with Crippen molar-refractivity contribution < 1.29 is 14.7 Å². The second kappa shape index (κ2) is 4.87. The van der Waals surface area contributed by atoms with Crippen LogP contribution in [0.25, 0.3) is 0 Å². The number of aliphatic carboxylic acids is 1. The smallest absolute Gasteiger partial charge is 0.303 e. The second-order valence-corrected chi connectivity index (χ2v) is 3.05. The van der Waals surface area contributed by atoms with E-state index in [0.29, 0.717) is 6.42 Å². The molecule has 3 N–H and O–H groups in total. The fourth-order valence-corrected chi connectivity index (χ4v) is 0.931. The molecule has 12 heavy (non-hydrogen) atoms. The average molecular weight is 173 g/mol. The Morgan fingerprint density at radius 2 is 2.00 bits per heavy atom. The molecule has 0 aromatic carbocycles. The Kier molecular flexibility index (Phi) is 4.51. The summed E-state index contributed by atoms with van der Waals surface area (Å²) in [5, 5.41) is 8.36. The molecule has 0 aromatic heterocycles. The fraction of sp³-hybridized carbons (Fsp3) is 0.750. The summed E-state index contributed by atoms with van der Waals surface area (Å²) in [6.45, 7) is 3.21. The molecule has 0 aliphatic carbocycles. The lowest BCUT2D eigenvalue weighted by Crippen LogP contribution is -2.35. The maximum Gasteiger partial charge on any atom is 0.303 e. The third kappa shape index (κ3) is 4.08. The Balaban J connectivity index is 3.79. The molecule has 0 rings (SSSR count). The topological polar surface area (TPSA) is 80.4 Å². The SMILES string of the molecule is CC(=O)[C@@H](N)[C@@H](C)CCC(=O)O. The second-order valence-electron chi connectivity index (χ2n) is 3.05. The number of nitrogens with two attached hydrogens (primary N) is 1. The number of carbonyl (C=O) groups is 2. The minimum Gasteiger partial charge on any atom is -0.481 e. The van der Waals surface area contributed by atoms with Crippen LogP contribution >= 0.6 is 0 Å². The first kappa shape index (κ1) is 11.1. The molecule has 0 saturated carbocycles. The van der Waals surface area contributed by atoms with E-state index in [0.717, 1.165) is 0 Å². The highest BCUT2D eigenvalue weighted by molar-refractivity contribution is 5.81. The van der Waals surface area contributed by atoms with E-state index in [1.54, 1.807) is 6.92 Å². The van der Waals surface area contributed by atoms with Crippen LogP contribution in [0.1, 0.15) is 26.7 Å². The zero-order valence-electron chi connectivity index (χ0n) is 7.41. The molecule has 0 amide bonds. The standard InChI is InChI=1S/C8H15NO3/c1-5(3-4-7(11)12)8(9)6(2)10/h5,8H,3-4,9H2,1-2H3,(H,11,12)/t5-,8-/m0/s1. The quantitative estimate of drug-likeness (QED) is 0.630. The van der Waals surface area contributed by atoms with Crippen molar-refractivity contribution in [2.75, 3.05) is 0 Å². The number of hydrogen-bond acceptors (Lipinski definition) is 3. The lowest BCUT2D eigenvalue weighted by molar-refractivity contribution is -0.137. The molecule has 0 aromatic rings. The molecule has 0 fully saturated rings. The highest BCUT2D eigenvalue weighted by atomic mass is 16.4. The van der Waals surface area contributed by atoms with Crippen LogP contribution in [0.2, 0.25) is 0 Å². The van der Waals surface area contributed by atoms with Crippen LogP contribution in [-0.4, -0.2) is 22.9 Å². The van der Waals surface area contributed by atoms with E-state index in [9.17, 15) is 9.59 Å². The van der Waals surface area contributed by atoms with Gasteiger partial charge in [0.2, 0.25) is 0 Å². The van der Waals surface area contributed by atoms with Gasteiger partial charge in [-0.2, -0.15) is 0 Å². The summed E-state index contributed by atoms with van der Waals surface area (Å²) < 4.78 is 0. The Morgan fingerprint density at radius 3 is 2.33 bits per heavy atom. The van der Waals surface area contributed by atoms with E-state index in [2.05, 4.69) is 0 Å². The van der Waals surface area contributed by atoms with Gasteiger partial charge in [-0.05, 0) is 19.3 Å². The third-order valence-electron chi connectivity index (χ3n) is 1.90. The first-order valence-corrected chi connectivity index (χ1v) is 3.93. The molecule has 4 heteroatoms. The Bertz CT molecular complexity index is 179. The van der Waals surface area contributed by atoms with Gasteiger partial charge in [0.25, 0.3) is 0 Å². The van der Waals surface area contributed by atoms with Crippen molar-refractivity contribution in [3.8, 4) is 0 Å². The van der Waals surface area contributed by atoms with Crippen LogP contribution in [0.3, 0.4) is 0 Å². The number of Topliss-reactive ketones (excluding diaryl/α,β-unsaturated/α-hetero) is 1. The van der Waals surface area contributed by atoms with Gasteiger partial charge in [0.1, 0.15) is 5.78 Å². The minimum absolute atomic E-state index is 0.0569. The van der Waals surface area contributed by atoms with Crippen molar-refractivity contribution in [2.45, 2.75) is 32.7 Å². The number of rotatable bonds is 5. The monoisotopic (exact) mass is 173 g/mol. The highest BCUT2D eigenvalue weighted by Crippen LogP contribution is 2.09. The van der Waals surface area contributed by atoms with E-state index >= 15 is 0 Å². The molecule has 0 saturated heterocycles. The van der Waals surface area contributed by atoms with Crippen molar-refractivity contribution >= 4 is 11.8 Å². The fourth-order valence-electron chi connectivity index (χ4n) is 0.931. The average Bonchev–Trinajstić information content (AvgIpc) is 1.98. The summed E-state index contributed by atoms with van der Waals surface area (Å²) in [6.07, 6.45) is 0.526. The van der Waals surface area contributed by atoms with Crippen molar-refractivity contribution in [3.05, 3.63) is 0 Å². The van der Waals surface area contributed by atoms with Gasteiger partial charge in [-0.1, -0.05) is 6.92 Å². The van der Waals surface area contributed by atoms with Gasteiger partial charge >= 0.3 is 5.97 Å². The molecule has 2 atom stereocenters. The van der Waals surface area contributed by atoms with E-state index in [-0.39, 0.29) is 18.1 Å². The first-order valence-electron chi connectivity index (χ1n) is 3.93. The van der Waals surface area contributed by atoms with Crippen molar-refractivity contribution in [3.63, 3.8) is 0 Å². The predicted molar refractivity (Wildman–Crippen MR) is 44.7 cm³/mol. The Labute approximate surface area is 71.8 Å². The first-order chi connectivity index (χ1) is 5.45. The van der Waals surface area contributed by atoms with Gasteiger partial charge in [-0.3, -0.25) is 9.59 Å². The van der Waals surface area contributed by atoms with E-state index < -0.39 is 12.0 Å². The van der Waals surface area contributed by atoms with Crippen LogP contribution in [0.5, 0.6) is 0 Å². The van der Waals surface area contributed by atoms with E-state index in [1.165, 1.54) is 6.92 Å². The molecule has 4 nitrogen and oxygen atoms in total. The molecule has 0 unspecified atom stereocenters. The summed E-state index contributed by atoms with van der Waals surface area (Å²) in [6, 6.07) is -0.524. The summed E-state index contributed by atoms with van der Waals surface area (Å²) in [5.74, 6) is -0.996. The zero-order valence-corrected chi connectivity index (χ0v) is 7.41. The highest BCUT2D eigenvalue weighted by Gasteiger charge is 2.17. The molecule has 0 aliphatic rings. The molecule has 70 valence electrons. The van der Waals surface area contributed by atoms with Crippen molar-refractivity contribution in [1.29, 1.82) is 0 Å². The van der Waals surface area contributed by atoms with Crippen molar-refractivity contribution in [1.82, 2.24) is 0 Å². The largest absolute Gasteiger partial charge is 0.481 e. The molecule has 0 aliphatic heterocycles. The summed E-state index contributed by atoms with van der Waals surface area (Å²) in [4.78, 5) is 20.9. The normalized spacial score (nSPS) is 15.2. The number of hydrogen-bond donors (Lipinski definition) is 2. The lowest BCUT2D eigenvalue weighted by Gasteiger charge is -2.15. The number of carboxylic acids is 1. The van der Waals surface area contributed by atoms with Crippen LogP contribution in [0, 0.1) is 5.92 Å². The third-order valence-corrected chi connectivity index (χ3v) is 1.90. The molecule has 0 bridgehead atoms. The summed E-state index contributed by atoms with van der Waals surface area (Å²) in [5.41, 5.74) is 5.50. The van der Waals surface area contributed by atoms with E-state index in [1.807, 2.05) is 0 Å². The van der Waals surface area contributed by atoms with E-state index in [4.69, 9.17) is 10.8 Å².